The molecule has 3 N–H and O–H groups in total. The molecular weight excluding hydrogens is 238 g/mol. The Morgan fingerprint density at radius 2 is 1.95 bits per heavy atom. The minimum absolute atomic E-state index is 0.105. The summed E-state index contributed by atoms with van der Waals surface area (Å²) in [7, 11) is 4.12. The van der Waals surface area contributed by atoms with E-state index in [2.05, 4.69) is 38.2 Å². The van der Waals surface area contributed by atoms with Crippen LogP contribution >= 0.6 is 0 Å². The number of nitrogens with one attached hydrogen (secondary N) is 1. The Balaban J connectivity index is 2.31. The van der Waals surface area contributed by atoms with Crippen LogP contribution in [0.1, 0.15) is 46.0 Å². The number of hydrogen-bond acceptors (Lipinski definition) is 3. The van der Waals surface area contributed by atoms with Crippen molar-refractivity contribution in [1.82, 2.24) is 10.2 Å². The summed E-state index contributed by atoms with van der Waals surface area (Å²) in [5.41, 5.74) is 6.19. The van der Waals surface area contributed by atoms with Gasteiger partial charge in [0.15, 0.2) is 0 Å². The van der Waals surface area contributed by atoms with E-state index in [1.807, 2.05) is 0 Å². The summed E-state index contributed by atoms with van der Waals surface area (Å²) in [6.07, 6.45) is 5.21. The van der Waals surface area contributed by atoms with Crippen LogP contribution in [-0.2, 0) is 4.79 Å². The maximum absolute atomic E-state index is 12.0. The zero-order valence-corrected chi connectivity index (χ0v) is 13.0. The molecule has 0 aliphatic heterocycles. The highest BCUT2D eigenvalue weighted by molar-refractivity contribution is 5.76. The van der Waals surface area contributed by atoms with Crippen molar-refractivity contribution >= 4 is 5.91 Å². The van der Waals surface area contributed by atoms with Crippen LogP contribution in [0, 0.1) is 11.3 Å². The molecule has 0 radical (unpaired) electrons. The van der Waals surface area contributed by atoms with Gasteiger partial charge < -0.3 is 16.0 Å². The molecule has 0 saturated heterocycles. The van der Waals surface area contributed by atoms with Crippen molar-refractivity contribution in [3.05, 3.63) is 0 Å². The lowest BCUT2D eigenvalue weighted by Gasteiger charge is -2.30. The number of nitrogens with two attached hydrogens (primary N) is 1. The number of carbonyl (C=O) groups is 1. The van der Waals surface area contributed by atoms with Crippen LogP contribution in [0.15, 0.2) is 0 Å². The second kappa shape index (κ2) is 7.25. The van der Waals surface area contributed by atoms with Gasteiger partial charge in [-0.05, 0) is 38.3 Å². The van der Waals surface area contributed by atoms with Gasteiger partial charge in [0.1, 0.15) is 0 Å². The highest BCUT2D eigenvalue weighted by atomic mass is 16.1. The van der Waals surface area contributed by atoms with E-state index >= 15 is 0 Å². The van der Waals surface area contributed by atoms with Gasteiger partial charge in [0, 0.05) is 25.6 Å². The normalized spacial score (nSPS) is 24.5. The molecule has 1 amide bonds. The molecule has 0 spiro atoms. The molecule has 2 unspecified atom stereocenters. The SMILES string of the molecule is CN(C)CC(C)(C)CNC(=O)CC1CCCCC1N. The molecule has 2 atom stereocenters. The van der Waals surface area contributed by atoms with Crippen LogP contribution in [0.25, 0.3) is 0 Å². The van der Waals surface area contributed by atoms with Gasteiger partial charge in [-0.1, -0.05) is 26.7 Å². The predicted octanol–water partition coefficient (Wildman–Crippen LogP) is 1.60. The number of hydrogen-bond donors (Lipinski definition) is 2. The molecule has 1 aliphatic carbocycles. The molecule has 1 fully saturated rings. The Labute approximate surface area is 118 Å². The van der Waals surface area contributed by atoms with Crippen LogP contribution in [0.5, 0.6) is 0 Å². The van der Waals surface area contributed by atoms with E-state index in [9.17, 15) is 4.79 Å². The fourth-order valence-corrected chi connectivity index (χ4v) is 3.05. The second-order valence-corrected chi connectivity index (χ2v) is 7.09. The lowest BCUT2D eigenvalue weighted by Crippen LogP contribution is -2.42. The van der Waals surface area contributed by atoms with Gasteiger partial charge in [-0.2, -0.15) is 0 Å². The molecule has 0 heterocycles. The summed E-state index contributed by atoms with van der Waals surface area (Å²) in [6.45, 7) is 6.06. The molecule has 0 aromatic carbocycles. The van der Waals surface area contributed by atoms with Crippen molar-refractivity contribution < 1.29 is 4.79 Å². The number of rotatable bonds is 6. The van der Waals surface area contributed by atoms with Crippen LogP contribution in [0.3, 0.4) is 0 Å². The first kappa shape index (κ1) is 16.4. The Hall–Kier alpha value is -0.610. The van der Waals surface area contributed by atoms with Gasteiger partial charge in [-0.25, -0.2) is 0 Å². The number of amides is 1. The molecule has 19 heavy (non-hydrogen) atoms. The van der Waals surface area contributed by atoms with E-state index in [0.29, 0.717) is 12.3 Å². The molecule has 0 bridgehead atoms. The molecule has 1 saturated carbocycles. The largest absolute Gasteiger partial charge is 0.356 e. The molecule has 0 aromatic rings. The second-order valence-electron chi connectivity index (χ2n) is 7.09. The smallest absolute Gasteiger partial charge is 0.220 e. The summed E-state index contributed by atoms with van der Waals surface area (Å²) < 4.78 is 0. The van der Waals surface area contributed by atoms with Crippen molar-refractivity contribution in [2.24, 2.45) is 17.1 Å². The Kier molecular flexibility index (Phi) is 6.27. The molecule has 0 aromatic heterocycles. The Morgan fingerprint density at radius 3 is 2.53 bits per heavy atom. The van der Waals surface area contributed by atoms with E-state index in [4.69, 9.17) is 5.73 Å². The van der Waals surface area contributed by atoms with Gasteiger partial charge in [0.25, 0.3) is 0 Å². The molecular formula is C15H31N3O. The fraction of sp³-hybridized carbons (Fsp3) is 0.933. The van der Waals surface area contributed by atoms with E-state index in [1.165, 1.54) is 12.8 Å². The maximum atomic E-state index is 12.0. The van der Waals surface area contributed by atoms with Crippen molar-refractivity contribution in [2.75, 3.05) is 27.2 Å². The monoisotopic (exact) mass is 269 g/mol. The van der Waals surface area contributed by atoms with E-state index in [0.717, 1.165) is 25.9 Å². The van der Waals surface area contributed by atoms with Crippen molar-refractivity contribution in [3.63, 3.8) is 0 Å². The average Bonchev–Trinajstić information content (AvgIpc) is 2.28. The minimum Gasteiger partial charge on any atom is -0.356 e. The molecule has 112 valence electrons. The van der Waals surface area contributed by atoms with Gasteiger partial charge in [0.05, 0.1) is 0 Å². The molecule has 4 heteroatoms. The van der Waals surface area contributed by atoms with E-state index in [-0.39, 0.29) is 17.4 Å². The molecule has 1 aliphatic rings. The zero-order chi connectivity index (χ0) is 14.5. The van der Waals surface area contributed by atoms with Gasteiger partial charge in [-0.3, -0.25) is 4.79 Å². The van der Waals surface area contributed by atoms with Gasteiger partial charge in [-0.15, -0.1) is 0 Å². The topological polar surface area (TPSA) is 58.4 Å². The minimum atomic E-state index is 0.105. The Morgan fingerprint density at radius 1 is 1.32 bits per heavy atom. The molecule has 4 nitrogen and oxygen atoms in total. The van der Waals surface area contributed by atoms with E-state index < -0.39 is 0 Å². The van der Waals surface area contributed by atoms with Crippen LogP contribution in [0.2, 0.25) is 0 Å². The first-order valence-electron chi connectivity index (χ1n) is 7.47. The summed E-state index contributed by atoms with van der Waals surface area (Å²) in [5.74, 6) is 0.542. The van der Waals surface area contributed by atoms with Gasteiger partial charge >= 0.3 is 0 Å². The van der Waals surface area contributed by atoms with Crippen molar-refractivity contribution in [3.8, 4) is 0 Å². The van der Waals surface area contributed by atoms with Crippen molar-refractivity contribution in [2.45, 2.75) is 52.0 Å². The lowest BCUT2D eigenvalue weighted by atomic mass is 9.83. The Bertz CT molecular complexity index is 289. The van der Waals surface area contributed by atoms with Crippen LogP contribution in [-0.4, -0.2) is 44.0 Å². The highest BCUT2D eigenvalue weighted by Gasteiger charge is 2.25. The third kappa shape index (κ3) is 6.39. The maximum Gasteiger partial charge on any atom is 0.220 e. The summed E-state index contributed by atoms with van der Waals surface area (Å²) in [5, 5.41) is 3.07. The fourth-order valence-electron chi connectivity index (χ4n) is 3.05. The predicted molar refractivity (Wildman–Crippen MR) is 79.9 cm³/mol. The quantitative estimate of drug-likeness (QED) is 0.770. The zero-order valence-electron chi connectivity index (χ0n) is 13.0. The lowest BCUT2D eigenvalue weighted by molar-refractivity contribution is -0.122. The average molecular weight is 269 g/mol. The van der Waals surface area contributed by atoms with Crippen LogP contribution < -0.4 is 11.1 Å². The first-order valence-corrected chi connectivity index (χ1v) is 7.47. The first-order chi connectivity index (χ1) is 8.80. The van der Waals surface area contributed by atoms with Gasteiger partial charge in [0.2, 0.25) is 5.91 Å². The third-order valence-corrected chi connectivity index (χ3v) is 3.92. The summed E-state index contributed by atoms with van der Waals surface area (Å²) in [6, 6.07) is 0.217. The molecule has 1 rings (SSSR count). The van der Waals surface area contributed by atoms with Crippen molar-refractivity contribution in [1.29, 1.82) is 0 Å². The summed E-state index contributed by atoms with van der Waals surface area (Å²) in [4.78, 5) is 14.2. The number of carbonyl (C=O) groups excluding carboxylic acids is 1. The third-order valence-electron chi connectivity index (χ3n) is 3.92. The van der Waals surface area contributed by atoms with E-state index in [1.54, 1.807) is 0 Å². The summed E-state index contributed by atoms with van der Waals surface area (Å²) >= 11 is 0. The van der Waals surface area contributed by atoms with Crippen LogP contribution in [0.4, 0.5) is 0 Å². The number of nitrogens with zero attached hydrogens (tertiary/aromatic N) is 1. The highest BCUT2D eigenvalue weighted by Crippen LogP contribution is 2.25. The standard InChI is InChI=1S/C15H31N3O/c1-15(2,11-18(3)4)10-17-14(19)9-12-7-5-6-8-13(12)16/h12-13H,5-11,16H2,1-4H3,(H,17,19).